The first-order valence-corrected chi connectivity index (χ1v) is 6.76. The van der Waals surface area contributed by atoms with E-state index in [1.165, 1.54) is 19.3 Å². The predicted octanol–water partition coefficient (Wildman–Crippen LogP) is 3.26. The van der Waals surface area contributed by atoms with Gasteiger partial charge in [0.05, 0.1) is 0 Å². The molecular formula is C11H20INO2. The minimum Gasteiger partial charge on any atom is -0.444 e. The van der Waals surface area contributed by atoms with Gasteiger partial charge in [-0.2, -0.15) is 0 Å². The summed E-state index contributed by atoms with van der Waals surface area (Å²) in [6.45, 7) is 5.65. The maximum Gasteiger partial charge on any atom is 0.407 e. The van der Waals surface area contributed by atoms with Crippen LogP contribution >= 0.6 is 22.6 Å². The highest BCUT2D eigenvalue weighted by Gasteiger charge is 2.26. The molecule has 0 aromatic heterocycles. The van der Waals surface area contributed by atoms with Gasteiger partial charge in [0.25, 0.3) is 0 Å². The van der Waals surface area contributed by atoms with Crippen molar-refractivity contribution in [2.24, 2.45) is 0 Å². The number of ether oxygens (including phenoxy) is 1. The standard InChI is InChI=1S/C11H20INO2/c1-11(2,3)15-10(14)13-9-7-5-4-6-8(9)12/h8-9H,4-7H2,1-3H3,(H,13,14)/t8-,9-/m1/s1. The zero-order chi connectivity index (χ0) is 11.5. The third kappa shape index (κ3) is 5.04. The predicted molar refractivity (Wildman–Crippen MR) is 69.4 cm³/mol. The molecule has 4 heteroatoms. The van der Waals surface area contributed by atoms with E-state index < -0.39 is 5.60 Å². The summed E-state index contributed by atoms with van der Waals surface area (Å²) in [4.78, 5) is 11.5. The van der Waals surface area contributed by atoms with E-state index in [9.17, 15) is 4.79 Å². The van der Waals surface area contributed by atoms with Crippen LogP contribution in [0.5, 0.6) is 0 Å². The van der Waals surface area contributed by atoms with E-state index in [1.807, 2.05) is 20.8 Å². The van der Waals surface area contributed by atoms with Crippen molar-refractivity contribution >= 4 is 28.7 Å². The number of hydrogen-bond donors (Lipinski definition) is 1. The molecule has 1 amide bonds. The number of alkyl carbamates (subject to hydrolysis) is 1. The van der Waals surface area contributed by atoms with Crippen molar-refractivity contribution in [3.63, 3.8) is 0 Å². The number of halogens is 1. The molecule has 0 aliphatic heterocycles. The Kier molecular flexibility index (Phi) is 4.67. The van der Waals surface area contributed by atoms with Gasteiger partial charge in [-0.15, -0.1) is 0 Å². The lowest BCUT2D eigenvalue weighted by Crippen LogP contribution is -2.44. The Bertz CT molecular complexity index is 225. The molecule has 0 saturated heterocycles. The first-order chi connectivity index (χ1) is 6.88. The highest BCUT2D eigenvalue weighted by Crippen LogP contribution is 2.25. The van der Waals surface area contributed by atoms with E-state index in [4.69, 9.17) is 4.74 Å². The number of rotatable bonds is 1. The van der Waals surface area contributed by atoms with Crippen LogP contribution in [0.1, 0.15) is 46.5 Å². The van der Waals surface area contributed by atoms with Gasteiger partial charge >= 0.3 is 6.09 Å². The number of carbonyl (C=O) groups is 1. The molecule has 0 bridgehead atoms. The average molecular weight is 325 g/mol. The molecule has 0 radical (unpaired) electrons. The molecule has 0 aromatic rings. The third-order valence-corrected chi connectivity index (χ3v) is 3.87. The highest BCUT2D eigenvalue weighted by molar-refractivity contribution is 14.1. The Hall–Kier alpha value is 0. The van der Waals surface area contributed by atoms with Crippen LogP contribution in [0.4, 0.5) is 4.79 Å². The fourth-order valence-corrected chi connectivity index (χ4v) is 2.69. The van der Waals surface area contributed by atoms with Gasteiger partial charge in [-0.3, -0.25) is 0 Å². The molecular weight excluding hydrogens is 305 g/mol. The number of hydrogen-bond acceptors (Lipinski definition) is 2. The fourth-order valence-electron chi connectivity index (χ4n) is 1.71. The first kappa shape index (κ1) is 13.1. The van der Waals surface area contributed by atoms with Crippen molar-refractivity contribution in [1.29, 1.82) is 0 Å². The molecule has 88 valence electrons. The normalized spacial score (nSPS) is 27.2. The Labute approximate surface area is 105 Å². The Morgan fingerprint density at radius 2 is 1.93 bits per heavy atom. The monoisotopic (exact) mass is 325 g/mol. The second-order valence-corrected chi connectivity index (χ2v) is 6.65. The third-order valence-electron chi connectivity index (χ3n) is 2.38. The summed E-state index contributed by atoms with van der Waals surface area (Å²) in [7, 11) is 0. The van der Waals surface area contributed by atoms with Crippen LogP contribution in [-0.2, 0) is 4.74 Å². The summed E-state index contributed by atoms with van der Waals surface area (Å²) in [5.74, 6) is 0. The number of amides is 1. The van der Waals surface area contributed by atoms with E-state index >= 15 is 0 Å². The molecule has 0 spiro atoms. The van der Waals surface area contributed by atoms with Gasteiger partial charge in [-0.1, -0.05) is 35.4 Å². The molecule has 1 aliphatic carbocycles. The van der Waals surface area contributed by atoms with E-state index in [0.717, 1.165) is 6.42 Å². The molecule has 0 heterocycles. The minimum atomic E-state index is -0.403. The van der Waals surface area contributed by atoms with Crippen molar-refractivity contribution in [1.82, 2.24) is 5.32 Å². The second kappa shape index (κ2) is 5.37. The molecule has 3 nitrogen and oxygen atoms in total. The molecule has 2 atom stereocenters. The zero-order valence-corrected chi connectivity index (χ0v) is 11.8. The summed E-state index contributed by atoms with van der Waals surface area (Å²) < 4.78 is 5.78. The quantitative estimate of drug-likeness (QED) is 0.594. The zero-order valence-electron chi connectivity index (χ0n) is 9.68. The summed E-state index contributed by atoms with van der Waals surface area (Å²) >= 11 is 2.42. The second-order valence-electron chi connectivity index (χ2n) is 5.05. The fraction of sp³-hybridized carbons (Fsp3) is 0.909. The smallest absolute Gasteiger partial charge is 0.407 e. The van der Waals surface area contributed by atoms with Crippen LogP contribution in [0.3, 0.4) is 0 Å². The lowest BCUT2D eigenvalue weighted by atomic mass is 9.96. The SMILES string of the molecule is CC(C)(C)OC(=O)N[C@@H]1CCCC[C@H]1I. The van der Waals surface area contributed by atoms with Crippen molar-refractivity contribution in [2.75, 3.05) is 0 Å². The van der Waals surface area contributed by atoms with Gasteiger partial charge in [0, 0.05) is 9.97 Å². The van der Waals surface area contributed by atoms with Crippen LogP contribution < -0.4 is 5.32 Å². The number of nitrogens with one attached hydrogen (secondary N) is 1. The molecule has 1 saturated carbocycles. The summed E-state index contributed by atoms with van der Waals surface area (Å²) in [5.41, 5.74) is -0.403. The molecule has 1 N–H and O–H groups in total. The van der Waals surface area contributed by atoms with Gasteiger partial charge in [0.1, 0.15) is 5.60 Å². The first-order valence-electron chi connectivity index (χ1n) is 5.52. The Morgan fingerprint density at radius 1 is 1.33 bits per heavy atom. The topological polar surface area (TPSA) is 38.3 Å². The van der Waals surface area contributed by atoms with Crippen molar-refractivity contribution in [3.8, 4) is 0 Å². The largest absolute Gasteiger partial charge is 0.444 e. The maximum absolute atomic E-state index is 11.5. The summed E-state index contributed by atoms with van der Waals surface area (Å²) in [6, 6.07) is 0.286. The van der Waals surface area contributed by atoms with Crippen LogP contribution in [0.25, 0.3) is 0 Å². The molecule has 1 fully saturated rings. The van der Waals surface area contributed by atoms with Crippen molar-refractivity contribution in [3.05, 3.63) is 0 Å². The van der Waals surface area contributed by atoms with Gasteiger partial charge in [-0.05, 0) is 33.6 Å². The van der Waals surface area contributed by atoms with E-state index in [-0.39, 0.29) is 12.1 Å². The van der Waals surface area contributed by atoms with Gasteiger partial charge in [0.2, 0.25) is 0 Å². The van der Waals surface area contributed by atoms with Crippen LogP contribution in [0, 0.1) is 0 Å². The summed E-state index contributed by atoms with van der Waals surface area (Å²) in [5, 5.41) is 2.96. The molecule has 1 aliphatic rings. The average Bonchev–Trinajstić information content (AvgIpc) is 2.05. The van der Waals surface area contributed by atoms with Crippen molar-refractivity contribution in [2.45, 2.75) is 62.0 Å². The lowest BCUT2D eigenvalue weighted by Gasteiger charge is -2.29. The van der Waals surface area contributed by atoms with Crippen LogP contribution in [-0.4, -0.2) is 21.7 Å². The van der Waals surface area contributed by atoms with E-state index in [1.54, 1.807) is 0 Å². The highest BCUT2D eigenvalue weighted by atomic mass is 127. The molecule has 15 heavy (non-hydrogen) atoms. The van der Waals surface area contributed by atoms with Crippen LogP contribution in [0.15, 0.2) is 0 Å². The van der Waals surface area contributed by atoms with Gasteiger partial charge < -0.3 is 10.1 Å². The lowest BCUT2D eigenvalue weighted by molar-refractivity contribution is 0.0497. The number of alkyl halides is 1. The Morgan fingerprint density at radius 3 is 2.47 bits per heavy atom. The van der Waals surface area contributed by atoms with Crippen LogP contribution in [0.2, 0.25) is 0 Å². The number of carbonyl (C=O) groups excluding carboxylic acids is 1. The van der Waals surface area contributed by atoms with E-state index in [0.29, 0.717) is 3.92 Å². The van der Waals surface area contributed by atoms with Gasteiger partial charge in [-0.25, -0.2) is 4.79 Å². The Balaban J connectivity index is 2.36. The molecule has 0 aromatic carbocycles. The minimum absolute atomic E-state index is 0.281. The molecule has 0 unspecified atom stereocenters. The summed E-state index contributed by atoms with van der Waals surface area (Å²) in [6.07, 6.45) is 4.48. The maximum atomic E-state index is 11.5. The van der Waals surface area contributed by atoms with Crippen molar-refractivity contribution < 1.29 is 9.53 Å². The molecule has 1 rings (SSSR count). The van der Waals surface area contributed by atoms with E-state index in [2.05, 4.69) is 27.9 Å². The van der Waals surface area contributed by atoms with Gasteiger partial charge in [0.15, 0.2) is 0 Å².